The van der Waals surface area contributed by atoms with Crippen LogP contribution in [-0.4, -0.2) is 26.8 Å². The van der Waals surface area contributed by atoms with E-state index < -0.39 is 0 Å². The molecule has 3 nitrogen and oxygen atoms in total. The van der Waals surface area contributed by atoms with E-state index in [2.05, 4.69) is 0 Å². The third-order valence-corrected chi connectivity index (χ3v) is 3.88. The van der Waals surface area contributed by atoms with Crippen LogP contribution in [0.3, 0.4) is 0 Å². The SMILES string of the molecule is CCN1C(=O)SC(=Cc2ccc(O)cc2)C1=S. The van der Waals surface area contributed by atoms with Crippen molar-refractivity contribution in [2.24, 2.45) is 0 Å². The Balaban J connectivity index is 2.27. The normalized spacial score (nSPS) is 18.2. The van der Waals surface area contributed by atoms with Crippen LogP contribution in [0.4, 0.5) is 4.79 Å². The summed E-state index contributed by atoms with van der Waals surface area (Å²) in [7, 11) is 0. The summed E-state index contributed by atoms with van der Waals surface area (Å²) in [4.78, 5) is 14.5. The quantitative estimate of drug-likeness (QED) is 0.658. The van der Waals surface area contributed by atoms with Gasteiger partial charge in [0, 0.05) is 6.54 Å². The average Bonchev–Trinajstić information content (AvgIpc) is 2.57. The molecule has 88 valence electrons. The molecule has 1 saturated heterocycles. The smallest absolute Gasteiger partial charge is 0.291 e. The summed E-state index contributed by atoms with van der Waals surface area (Å²) in [5.41, 5.74) is 0.915. The van der Waals surface area contributed by atoms with Crippen molar-refractivity contribution in [2.75, 3.05) is 6.54 Å². The zero-order chi connectivity index (χ0) is 12.4. The molecule has 0 aromatic heterocycles. The van der Waals surface area contributed by atoms with Crippen molar-refractivity contribution in [3.63, 3.8) is 0 Å². The molecule has 0 atom stereocenters. The number of amides is 1. The molecule has 1 aliphatic heterocycles. The minimum atomic E-state index is -0.0254. The largest absolute Gasteiger partial charge is 0.508 e. The molecule has 1 N–H and O–H groups in total. The van der Waals surface area contributed by atoms with Gasteiger partial charge in [0.15, 0.2) is 0 Å². The first kappa shape index (κ1) is 12.1. The Labute approximate surface area is 109 Å². The van der Waals surface area contributed by atoms with Crippen LogP contribution < -0.4 is 0 Å². The summed E-state index contributed by atoms with van der Waals surface area (Å²) in [5.74, 6) is 0.222. The highest BCUT2D eigenvalue weighted by Crippen LogP contribution is 2.33. The lowest BCUT2D eigenvalue weighted by Gasteiger charge is -2.10. The van der Waals surface area contributed by atoms with Gasteiger partial charge in [-0.15, -0.1) is 0 Å². The van der Waals surface area contributed by atoms with Crippen molar-refractivity contribution < 1.29 is 9.90 Å². The third-order valence-electron chi connectivity index (χ3n) is 2.38. The van der Waals surface area contributed by atoms with E-state index >= 15 is 0 Å². The Morgan fingerprint density at radius 1 is 1.41 bits per heavy atom. The second-order valence-corrected chi connectivity index (χ2v) is 4.90. The van der Waals surface area contributed by atoms with Crippen molar-refractivity contribution in [2.45, 2.75) is 6.92 Å². The van der Waals surface area contributed by atoms with Crippen LogP contribution in [0.25, 0.3) is 6.08 Å². The van der Waals surface area contributed by atoms with Crippen LogP contribution in [0.1, 0.15) is 12.5 Å². The molecule has 1 fully saturated rings. The molecule has 0 aliphatic carbocycles. The van der Waals surface area contributed by atoms with Gasteiger partial charge in [-0.25, -0.2) is 0 Å². The van der Waals surface area contributed by atoms with Crippen LogP contribution in [0, 0.1) is 0 Å². The van der Waals surface area contributed by atoms with Crippen LogP contribution >= 0.6 is 24.0 Å². The number of thiocarbonyl (C=S) groups is 1. The minimum absolute atomic E-state index is 0.0254. The first-order valence-electron chi connectivity index (χ1n) is 5.16. The molecule has 1 aliphatic rings. The van der Waals surface area contributed by atoms with Gasteiger partial charge in [0.25, 0.3) is 5.24 Å². The summed E-state index contributed by atoms with van der Waals surface area (Å²) in [5, 5.41) is 9.15. The van der Waals surface area contributed by atoms with E-state index in [1.54, 1.807) is 29.2 Å². The van der Waals surface area contributed by atoms with Gasteiger partial charge in [0.05, 0.1) is 4.91 Å². The highest BCUT2D eigenvalue weighted by atomic mass is 32.2. The van der Waals surface area contributed by atoms with Crippen LogP contribution in [0.2, 0.25) is 0 Å². The molecule has 5 heteroatoms. The fourth-order valence-corrected chi connectivity index (χ4v) is 2.86. The number of thioether (sulfide) groups is 1. The Bertz CT molecular complexity index is 494. The summed E-state index contributed by atoms with van der Waals surface area (Å²) in [6.45, 7) is 2.49. The van der Waals surface area contributed by atoms with Gasteiger partial charge in [0.1, 0.15) is 10.7 Å². The second kappa shape index (κ2) is 4.89. The van der Waals surface area contributed by atoms with Gasteiger partial charge in [-0.2, -0.15) is 0 Å². The van der Waals surface area contributed by atoms with Crippen molar-refractivity contribution >= 4 is 40.3 Å². The lowest BCUT2D eigenvalue weighted by Crippen LogP contribution is -2.26. The number of hydrogen-bond acceptors (Lipinski definition) is 4. The van der Waals surface area contributed by atoms with Crippen LogP contribution in [-0.2, 0) is 0 Å². The zero-order valence-corrected chi connectivity index (χ0v) is 10.8. The van der Waals surface area contributed by atoms with Crippen molar-refractivity contribution in [3.05, 3.63) is 34.7 Å². The predicted octanol–water partition coefficient (Wildman–Crippen LogP) is 3.25. The number of carbonyl (C=O) groups is 1. The van der Waals surface area contributed by atoms with Gasteiger partial charge < -0.3 is 5.11 Å². The van der Waals surface area contributed by atoms with Crippen LogP contribution in [0.15, 0.2) is 29.2 Å². The van der Waals surface area contributed by atoms with E-state index in [0.29, 0.717) is 11.5 Å². The minimum Gasteiger partial charge on any atom is -0.508 e. The highest BCUT2D eigenvalue weighted by molar-refractivity contribution is 8.19. The van der Waals surface area contributed by atoms with Crippen LogP contribution in [0.5, 0.6) is 5.75 Å². The Kier molecular flexibility index (Phi) is 3.49. The van der Waals surface area contributed by atoms with E-state index in [1.165, 1.54) is 0 Å². The number of hydrogen-bond donors (Lipinski definition) is 1. The summed E-state index contributed by atoms with van der Waals surface area (Å²) >= 11 is 6.38. The third kappa shape index (κ3) is 2.50. The molecular formula is C12H11NO2S2. The Morgan fingerprint density at radius 3 is 2.59 bits per heavy atom. The molecule has 0 unspecified atom stereocenters. The standard InChI is InChI=1S/C12H11NO2S2/c1-2-13-11(16)10(17-12(13)15)7-8-3-5-9(14)6-4-8/h3-7,14H,2H2,1H3. The molecule has 1 aromatic rings. The first-order chi connectivity index (χ1) is 8.11. The summed E-state index contributed by atoms with van der Waals surface area (Å²) < 4.78 is 0. The fourth-order valence-electron chi connectivity index (χ4n) is 1.49. The van der Waals surface area contributed by atoms with Crippen molar-refractivity contribution in [1.82, 2.24) is 4.90 Å². The summed E-state index contributed by atoms with van der Waals surface area (Å²) in [6.07, 6.45) is 1.86. The first-order valence-corrected chi connectivity index (χ1v) is 6.38. The predicted molar refractivity (Wildman–Crippen MR) is 74.0 cm³/mol. The molecule has 0 radical (unpaired) electrons. The number of nitrogens with zero attached hydrogens (tertiary/aromatic N) is 1. The number of rotatable bonds is 2. The van der Waals surface area contributed by atoms with Gasteiger partial charge >= 0.3 is 0 Å². The monoisotopic (exact) mass is 265 g/mol. The molecule has 0 saturated carbocycles. The van der Waals surface area contributed by atoms with Gasteiger partial charge in [-0.1, -0.05) is 24.4 Å². The number of phenolic OH excluding ortho intramolecular Hbond substituents is 1. The van der Waals surface area contributed by atoms with Crippen molar-refractivity contribution in [3.8, 4) is 5.75 Å². The van der Waals surface area contributed by atoms with E-state index in [0.717, 1.165) is 22.2 Å². The highest BCUT2D eigenvalue weighted by Gasteiger charge is 2.29. The van der Waals surface area contributed by atoms with E-state index in [9.17, 15) is 9.90 Å². The molecule has 0 spiro atoms. The maximum atomic E-state index is 11.6. The zero-order valence-electron chi connectivity index (χ0n) is 9.21. The fraction of sp³-hybridized carbons (Fsp3) is 0.167. The molecule has 1 heterocycles. The lowest BCUT2D eigenvalue weighted by atomic mass is 10.2. The molecular weight excluding hydrogens is 254 g/mol. The summed E-state index contributed by atoms with van der Waals surface area (Å²) in [6, 6.07) is 6.78. The van der Waals surface area contributed by atoms with E-state index in [4.69, 9.17) is 12.2 Å². The van der Waals surface area contributed by atoms with E-state index in [1.807, 2.05) is 13.0 Å². The second-order valence-electron chi connectivity index (χ2n) is 3.52. The number of benzene rings is 1. The number of aromatic hydroxyl groups is 1. The van der Waals surface area contributed by atoms with E-state index in [-0.39, 0.29) is 11.0 Å². The molecule has 1 amide bonds. The van der Waals surface area contributed by atoms with Gasteiger partial charge in [-0.3, -0.25) is 9.69 Å². The Hall–Kier alpha value is -1.33. The molecule has 1 aromatic carbocycles. The molecule has 17 heavy (non-hydrogen) atoms. The maximum Gasteiger partial charge on any atom is 0.291 e. The lowest BCUT2D eigenvalue weighted by molar-refractivity contribution is 0.247. The van der Waals surface area contributed by atoms with Gasteiger partial charge in [0.2, 0.25) is 0 Å². The number of likely N-dealkylation sites (N-methyl/N-ethyl adjacent to an activating group) is 1. The average molecular weight is 265 g/mol. The topological polar surface area (TPSA) is 40.5 Å². The van der Waals surface area contributed by atoms with Gasteiger partial charge in [-0.05, 0) is 42.5 Å². The Morgan fingerprint density at radius 2 is 2.06 bits per heavy atom. The molecule has 2 rings (SSSR count). The molecule has 0 bridgehead atoms. The van der Waals surface area contributed by atoms with Crippen molar-refractivity contribution in [1.29, 1.82) is 0 Å². The maximum absolute atomic E-state index is 11.6. The number of phenols is 1. The number of carbonyl (C=O) groups excluding carboxylic acids is 1.